The number of methoxy groups -OCH3 is 1. The number of hydrogen-bond donors (Lipinski definition) is 1. The Morgan fingerprint density at radius 2 is 2.15 bits per heavy atom. The van der Waals surface area contributed by atoms with E-state index < -0.39 is 0 Å². The Morgan fingerprint density at radius 3 is 2.75 bits per heavy atom. The maximum absolute atomic E-state index is 5.77. The fourth-order valence-electron chi connectivity index (χ4n) is 2.79. The minimum Gasteiger partial charge on any atom is -0.385 e. The Kier molecular flexibility index (Phi) is 5.86. The van der Waals surface area contributed by atoms with Crippen LogP contribution < -0.4 is 10.6 Å². The highest BCUT2D eigenvalue weighted by atomic mass is 16.5. The van der Waals surface area contributed by atoms with Gasteiger partial charge < -0.3 is 19.9 Å². The number of hydrogen-bond acceptors (Lipinski definition) is 4. The predicted octanol–water partition coefficient (Wildman–Crippen LogP) is 1.66. The van der Waals surface area contributed by atoms with Crippen LogP contribution in [-0.4, -0.2) is 42.9 Å². The van der Waals surface area contributed by atoms with Crippen molar-refractivity contribution >= 4 is 5.95 Å². The van der Waals surface area contributed by atoms with Gasteiger partial charge in [0.15, 0.2) is 0 Å². The van der Waals surface area contributed by atoms with Crippen LogP contribution in [0.1, 0.15) is 31.9 Å². The molecule has 0 aliphatic carbocycles. The molecule has 1 aliphatic rings. The molecule has 0 bridgehead atoms. The van der Waals surface area contributed by atoms with Gasteiger partial charge in [0.05, 0.1) is 5.69 Å². The van der Waals surface area contributed by atoms with Crippen molar-refractivity contribution in [3.8, 4) is 0 Å². The van der Waals surface area contributed by atoms with Crippen molar-refractivity contribution < 1.29 is 4.74 Å². The fourth-order valence-corrected chi connectivity index (χ4v) is 2.79. The molecule has 0 atom stereocenters. The average Bonchev–Trinajstić information content (AvgIpc) is 2.91. The molecule has 0 saturated carbocycles. The fraction of sp³-hybridized carbons (Fsp3) is 0.800. The molecular formula is C15H28N4O. The highest BCUT2D eigenvalue weighted by Gasteiger charge is 2.21. The Morgan fingerprint density at radius 1 is 1.40 bits per heavy atom. The number of imidazole rings is 1. The Bertz CT molecular complexity index is 397. The topological polar surface area (TPSA) is 56.3 Å². The quantitative estimate of drug-likeness (QED) is 0.772. The number of ether oxygens (including phenoxy) is 1. The zero-order chi connectivity index (χ0) is 14.4. The third-order valence-corrected chi connectivity index (χ3v) is 4.15. The maximum atomic E-state index is 5.77. The zero-order valence-electron chi connectivity index (χ0n) is 12.8. The molecule has 0 spiro atoms. The molecule has 0 unspecified atom stereocenters. The van der Waals surface area contributed by atoms with Gasteiger partial charge in [-0.25, -0.2) is 4.98 Å². The van der Waals surface area contributed by atoms with Crippen LogP contribution in [0.2, 0.25) is 0 Å². The molecule has 5 nitrogen and oxygen atoms in total. The van der Waals surface area contributed by atoms with E-state index in [4.69, 9.17) is 15.5 Å². The van der Waals surface area contributed by atoms with Gasteiger partial charge in [-0.05, 0) is 38.1 Å². The first-order chi connectivity index (χ1) is 9.78. The molecule has 2 N–H and O–H groups in total. The van der Waals surface area contributed by atoms with E-state index in [0.717, 1.165) is 51.6 Å². The highest BCUT2D eigenvalue weighted by molar-refractivity contribution is 5.34. The van der Waals surface area contributed by atoms with E-state index >= 15 is 0 Å². The van der Waals surface area contributed by atoms with Gasteiger partial charge in [0.2, 0.25) is 5.95 Å². The lowest BCUT2D eigenvalue weighted by Crippen LogP contribution is -2.37. The minimum absolute atomic E-state index is 0.689. The van der Waals surface area contributed by atoms with Gasteiger partial charge in [-0.1, -0.05) is 6.92 Å². The van der Waals surface area contributed by atoms with Crippen LogP contribution in [0.5, 0.6) is 0 Å². The first-order valence-electron chi connectivity index (χ1n) is 7.78. The van der Waals surface area contributed by atoms with Crippen LogP contribution in [0.15, 0.2) is 6.20 Å². The number of aryl methyl sites for hydroxylation is 2. The van der Waals surface area contributed by atoms with Crippen molar-refractivity contribution in [3.05, 3.63) is 11.9 Å². The second-order valence-corrected chi connectivity index (χ2v) is 5.59. The molecule has 1 fully saturated rings. The lowest BCUT2D eigenvalue weighted by molar-refractivity contribution is 0.190. The molecule has 114 valence electrons. The van der Waals surface area contributed by atoms with E-state index in [0.29, 0.717) is 5.92 Å². The molecule has 0 amide bonds. The van der Waals surface area contributed by atoms with Crippen LogP contribution in [0, 0.1) is 5.92 Å². The molecule has 1 aliphatic heterocycles. The molecule has 5 heteroatoms. The lowest BCUT2D eigenvalue weighted by atomic mass is 9.97. The molecule has 1 saturated heterocycles. The van der Waals surface area contributed by atoms with Crippen molar-refractivity contribution in [1.29, 1.82) is 0 Å². The summed E-state index contributed by atoms with van der Waals surface area (Å²) >= 11 is 0. The minimum atomic E-state index is 0.689. The maximum Gasteiger partial charge on any atom is 0.205 e. The lowest BCUT2D eigenvalue weighted by Gasteiger charge is -2.32. The Balaban J connectivity index is 2.03. The summed E-state index contributed by atoms with van der Waals surface area (Å²) in [6.07, 6.45) is 6.58. The summed E-state index contributed by atoms with van der Waals surface area (Å²) in [6, 6.07) is 0. The summed E-state index contributed by atoms with van der Waals surface area (Å²) in [7, 11) is 1.75. The van der Waals surface area contributed by atoms with E-state index in [-0.39, 0.29) is 0 Å². The average molecular weight is 280 g/mol. The third-order valence-electron chi connectivity index (χ3n) is 4.15. The third kappa shape index (κ3) is 3.73. The van der Waals surface area contributed by atoms with E-state index in [1.807, 2.05) is 0 Å². The summed E-state index contributed by atoms with van der Waals surface area (Å²) in [4.78, 5) is 7.21. The van der Waals surface area contributed by atoms with Crippen molar-refractivity contribution in [1.82, 2.24) is 9.55 Å². The summed E-state index contributed by atoms with van der Waals surface area (Å²) in [5.74, 6) is 1.82. The zero-order valence-corrected chi connectivity index (χ0v) is 12.8. The number of rotatable bonds is 7. The van der Waals surface area contributed by atoms with Crippen LogP contribution >= 0.6 is 0 Å². The largest absolute Gasteiger partial charge is 0.385 e. The van der Waals surface area contributed by atoms with E-state index in [9.17, 15) is 0 Å². The SMILES string of the molecule is CCc1cn(CCCOC)c(N2CCC(CN)CC2)n1. The molecule has 2 rings (SSSR count). The normalized spacial score (nSPS) is 16.9. The van der Waals surface area contributed by atoms with Gasteiger partial charge in [0.1, 0.15) is 0 Å². The van der Waals surface area contributed by atoms with Gasteiger partial charge in [-0.3, -0.25) is 0 Å². The molecule has 0 aromatic carbocycles. The van der Waals surface area contributed by atoms with E-state index in [1.165, 1.54) is 18.5 Å². The van der Waals surface area contributed by atoms with Crippen molar-refractivity contribution in [3.63, 3.8) is 0 Å². The first-order valence-corrected chi connectivity index (χ1v) is 7.78. The summed E-state index contributed by atoms with van der Waals surface area (Å²) in [5.41, 5.74) is 6.95. The summed E-state index contributed by atoms with van der Waals surface area (Å²) in [6.45, 7) is 6.91. The molecule has 20 heavy (non-hydrogen) atoms. The number of piperidine rings is 1. The van der Waals surface area contributed by atoms with Gasteiger partial charge in [-0.2, -0.15) is 0 Å². The van der Waals surface area contributed by atoms with Gasteiger partial charge >= 0.3 is 0 Å². The molecule has 1 aromatic rings. The second kappa shape index (κ2) is 7.64. The molecule has 1 aromatic heterocycles. The van der Waals surface area contributed by atoms with Crippen molar-refractivity contribution in [2.45, 2.75) is 39.2 Å². The molecular weight excluding hydrogens is 252 g/mol. The van der Waals surface area contributed by atoms with Crippen LogP contribution in [-0.2, 0) is 17.7 Å². The van der Waals surface area contributed by atoms with Crippen LogP contribution in [0.4, 0.5) is 5.95 Å². The second-order valence-electron chi connectivity index (χ2n) is 5.59. The number of aromatic nitrogens is 2. The number of anilines is 1. The van der Waals surface area contributed by atoms with E-state index in [1.54, 1.807) is 7.11 Å². The summed E-state index contributed by atoms with van der Waals surface area (Å²) in [5, 5.41) is 0. The van der Waals surface area contributed by atoms with Gasteiger partial charge in [0, 0.05) is 39.5 Å². The smallest absolute Gasteiger partial charge is 0.205 e. The molecule has 2 heterocycles. The van der Waals surface area contributed by atoms with Gasteiger partial charge in [0.25, 0.3) is 0 Å². The van der Waals surface area contributed by atoms with Crippen LogP contribution in [0.25, 0.3) is 0 Å². The van der Waals surface area contributed by atoms with Gasteiger partial charge in [-0.15, -0.1) is 0 Å². The Hall–Kier alpha value is -1.07. The first kappa shape index (κ1) is 15.3. The standard InChI is InChI=1S/C15H28N4O/c1-3-14-12-19(7-4-10-20-2)15(17-14)18-8-5-13(11-16)6-9-18/h12-13H,3-11,16H2,1-2H3. The monoisotopic (exact) mass is 280 g/mol. The van der Waals surface area contributed by atoms with Crippen molar-refractivity contribution in [2.24, 2.45) is 11.7 Å². The Labute approximate surface area is 122 Å². The number of nitrogens with zero attached hydrogens (tertiary/aromatic N) is 3. The van der Waals surface area contributed by atoms with Crippen molar-refractivity contribution in [2.75, 3.05) is 38.3 Å². The summed E-state index contributed by atoms with van der Waals surface area (Å²) < 4.78 is 7.44. The van der Waals surface area contributed by atoms with Crippen LogP contribution in [0.3, 0.4) is 0 Å². The number of nitrogens with two attached hydrogens (primary N) is 1. The highest BCUT2D eigenvalue weighted by Crippen LogP contribution is 2.23. The predicted molar refractivity (Wildman–Crippen MR) is 82.1 cm³/mol. The molecule has 0 radical (unpaired) electrons. The van der Waals surface area contributed by atoms with E-state index in [2.05, 4.69) is 22.6 Å².